The molecule has 0 atom stereocenters. The minimum Gasteiger partial charge on any atom is -0.493 e. The average Bonchev–Trinajstić information content (AvgIpc) is 3.19. The Labute approximate surface area is 178 Å². The molecule has 0 radical (unpaired) electrons. The van der Waals surface area contributed by atoms with Crippen molar-refractivity contribution in [2.75, 3.05) is 12.4 Å². The van der Waals surface area contributed by atoms with E-state index < -0.39 is 0 Å². The van der Waals surface area contributed by atoms with Crippen LogP contribution in [0.2, 0.25) is 0 Å². The summed E-state index contributed by atoms with van der Waals surface area (Å²) in [6.07, 6.45) is 3.21. The third kappa shape index (κ3) is 4.85. The number of nitrogens with one attached hydrogen (secondary N) is 1. The van der Waals surface area contributed by atoms with E-state index in [2.05, 4.69) is 10.3 Å². The molecule has 4 rings (SSSR count). The Morgan fingerprint density at radius 3 is 2.63 bits per heavy atom. The fourth-order valence-electron chi connectivity index (χ4n) is 2.89. The van der Waals surface area contributed by atoms with Crippen molar-refractivity contribution >= 4 is 38.7 Å². The van der Waals surface area contributed by atoms with Crippen molar-refractivity contribution in [3.8, 4) is 11.5 Å². The van der Waals surface area contributed by atoms with Gasteiger partial charge in [-0.2, -0.15) is 0 Å². The fraction of sp³-hybridized carbons (Fsp3) is 0.0833. The molecule has 0 aliphatic heterocycles. The van der Waals surface area contributed by atoms with Crippen molar-refractivity contribution < 1.29 is 14.3 Å². The zero-order valence-electron chi connectivity index (χ0n) is 16.4. The van der Waals surface area contributed by atoms with Gasteiger partial charge in [-0.15, -0.1) is 0 Å². The lowest BCUT2D eigenvalue weighted by Crippen LogP contribution is -2.07. The van der Waals surface area contributed by atoms with Crippen LogP contribution in [0.1, 0.15) is 11.1 Å². The molecule has 0 spiro atoms. The number of amides is 1. The minimum absolute atomic E-state index is 0.238. The van der Waals surface area contributed by atoms with Crippen LogP contribution < -0.4 is 14.8 Å². The van der Waals surface area contributed by atoms with Crippen molar-refractivity contribution in [1.29, 1.82) is 0 Å². The maximum Gasteiger partial charge on any atom is 0.250 e. The number of thiazole rings is 1. The van der Waals surface area contributed by atoms with E-state index in [0.29, 0.717) is 23.2 Å². The molecule has 0 unspecified atom stereocenters. The first kappa shape index (κ1) is 19.7. The number of rotatable bonds is 7. The summed E-state index contributed by atoms with van der Waals surface area (Å²) in [6, 6.07) is 23.3. The van der Waals surface area contributed by atoms with E-state index in [-0.39, 0.29) is 5.91 Å². The van der Waals surface area contributed by atoms with Gasteiger partial charge in [0.05, 0.1) is 17.3 Å². The molecule has 0 aliphatic carbocycles. The molecular formula is C24H20N2O3S. The van der Waals surface area contributed by atoms with E-state index in [9.17, 15) is 4.79 Å². The third-order valence-corrected chi connectivity index (χ3v) is 5.33. The molecule has 1 N–H and O–H groups in total. The van der Waals surface area contributed by atoms with Crippen molar-refractivity contribution in [2.45, 2.75) is 6.61 Å². The molecule has 0 fully saturated rings. The van der Waals surface area contributed by atoms with Gasteiger partial charge in [0.1, 0.15) is 6.61 Å². The Kier molecular flexibility index (Phi) is 6.06. The Morgan fingerprint density at radius 2 is 1.83 bits per heavy atom. The van der Waals surface area contributed by atoms with E-state index in [0.717, 1.165) is 21.3 Å². The molecule has 150 valence electrons. The lowest BCUT2D eigenvalue weighted by Gasteiger charge is -2.11. The van der Waals surface area contributed by atoms with Crippen LogP contribution in [0.4, 0.5) is 5.13 Å². The van der Waals surface area contributed by atoms with Crippen molar-refractivity contribution in [3.05, 3.63) is 90.0 Å². The summed E-state index contributed by atoms with van der Waals surface area (Å²) in [5, 5.41) is 3.38. The van der Waals surface area contributed by atoms with Crippen LogP contribution >= 0.6 is 11.3 Å². The van der Waals surface area contributed by atoms with Gasteiger partial charge in [0.25, 0.3) is 0 Å². The minimum atomic E-state index is -0.238. The topological polar surface area (TPSA) is 60.5 Å². The number of nitrogens with zero attached hydrogens (tertiary/aromatic N) is 1. The Hall–Kier alpha value is -3.64. The highest BCUT2D eigenvalue weighted by molar-refractivity contribution is 7.22. The van der Waals surface area contributed by atoms with Gasteiger partial charge in [-0.05, 0) is 41.5 Å². The zero-order valence-corrected chi connectivity index (χ0v) is 17.2. The van der Waals surface area contributed by atoms with E-state index >= 15 is 0 Å². The number of ether oxygens (including phenoxy) is 2. The van der Waals surface area contributed by atoms with Gasteiger partial charge >= 0.3 is 0 Å². The van der Waals surface area contributed by atoms with Crippen molar-refractivity contribution in [3.63, 3.8) is 0 Å². The van der Waals surface area contributed by atoms with Gasteiger partial charge in [-0.3, -0.25) is 10.1 Å². The molecule has 1 amide bonds. The summed E-state index contributed by atoms with van der Waals surface area (Å²) in [4.78, 5) is 16.7. The number of hydrogen-bond acceptors (Lipinski definition) is 5. The lowest BCUT2D eigenvalue weighted by molar-refractivity contribution is -0.111. The van der Waals surface area contributed by atoms with Gasteiger partial charge in [0.15, 0.2) is 16.6 Å². The van der Waals surface area contributed by atoms with Crippen LogP contribution in [-0.2, 0) is 11.4 Å². The van der Waals surface area contributed by atoms with Gasteiger partial charge in [0.2, 0.25) is 5.91 Å². The predicted octanol–water partition coefficient (Wildman–Crippen LogP) is 5.54. The van der Waals surface area contributed by atoms with Gasteiger partial charge in [-0.25, -0.2) is 4.98 Å². The van der Waals surface area contributed by atoms with Crippen LogP contribution in [0.25, 0.3) is 16.3 Å². The van der Waals surface area contributed by atoms with E-state index in [1.54, 1.807) is 13.2 Å². The zero-order chi connectivity index (χ0) is 20.8. The SMILES string of the molecule is COc1cc(/C=C/C(=O)Nc2nc3ccccc3s2)ccc1OCc1ccccc1. The normalized spacial score (nSPS) is 11.0. The highest BCUT2D eigenvalue weighted by Gasteiger charge is 2.07. The van der Waals surface area contributed by atoms with Crippen LogP contribution in [0.15, 0.2) is 78.9 Å². The van der Waals surface area contributed by atoms with Gasteiger partial charge < -0.3 is 9.47 Å². The number of carbonyl (C=O) groups is 1. The van der Waals surface area contributed by atoms with E-state index in [1.807, 2.05) is 72.8 Å². The second-order valence-electron chi connectivity index (χ2n) is 6.49. The number of anilines is 1. The summed E-state index contributed by atoms with van der Waals surface area (Å²) < 4.78 is 12.3. The van der Waals surface area contributed by atoms with Crippen LogP contribution in [0, 0.1) is 0 Å². The molecule has 6 heteroatoms. The number of hydrogen-bond donors (Lipinski definition) is 1. The van der Waals surface area contributed by atoms with Gasteiger partial charge in [-0.1, -0.05) is 59.9 Å². The summed E-state index contributed by atoms with van der Waals surface area (Å²) in [7, 11) is 1.60. The summed E-state index contributed by atoms with van der Waals surface area (Å²) in [5.74, 6) is 1.02. The molecule has 30 heavy (non-hydrogen) atoms. The fourth-order valence-corrected chi connectivity index (χ4v) is 3.76. The monoisotopic (exact) mass is 416 g/mol. The van der Waals surface area contributed by atoms with E-state index in [1.165, 1.54) is 17.4 Å². The summed E-state index contributed by atoms with van der Waals surface area (Å²) in [6.45, 7) is 0.455. The lowest BCUT2D eigenvalue weighted by atomic mass is 10.2. The molecule has 0 aliphatic rings. The molecule has 0 saturated heterocycles. The Bertz CT molecular complexity index is 1150. The first-order valence-electron chi connectivity index (χ1n) is 9.41. The third-order valence-electron chi connectivity index (χ3n) is 4.38. The number of aromatic nitrogens is 1. The number of methoxy groups -OCH3 is 1. The molecule has 5 nitrogen and oxygen atoms in total. The van der Waals surface area contributed by atoms with Crippen LogP contribution in [0.3, 0.4) is 0 Å². The molecule has 4 aromatic rings. The van der Waals surface area contributed by atoms with Crippen molar-refractivity contribution in [2.24, 2.45) is 0 Å². The molecule has 1 aromatic heterocycles. The molecule has 3 aromatic carbocycles. The summed E-state index contributed by atoms with van der Waals surface area (Å²) >= 11 is 1.45. The standard InChI is InChI=1S/C24H20N2O3S/c1-28-21-15-17(11-13-20(21)29-16-18-7-3-2-4-8-18)12-14-23(27)26-24-25-19-9-5-6-10-22(19)30-24/h2-15H,16H2,1H3,(H,25,26,27)/b14-12+. The molecule has 0 saturated carbocycles. The van der Waals surface area contributed by atoms with Gasteiger partial charge in [0, 0.05) is 6.08 Å². The number of carbonyl (C=O) groups excluding carboxylic acids is 1. The highest BCUT2D eigenvalue weighted by Crippen LogP contribution is 2.29. The maximum absolute atomic E-state index is 12.3. The molecular weight excluding hydrogens is 396 g/mol. The van der Waals surface area contributed by atoms with Crippen LogP contribution in [-0.4, -0.2) is 18.0 Å². The first-order chi connectivity index (χ1) is 14.7. The highest BCUT2D eigenvalue weighted by atomic mass is 32.1. The smallest absolute Gasteiger partial charge is 0.250 e. The van der Waals surface area contributed by atoms with Crippen molar-refractivity contribution in [1.82, 2.24) is 4.98 Å². The maximum atomic E-state index is 12.3. The second-order valence-corrected chi connectivity index (χ2v) is 7.52. The van der Waals surface area contributed by atoms with Crippen LogP contribution in [0.5, 0.6) is 11.5 Å². The second kappa shape index (κ2) is 9.24. The number of benzene rings is 3. The Morgan fingerprint density at radius 1 is 1.03 bits per heavy atom. The summed E-state index contributed by atoms with van der Waals surface area (Å²) in [5.41, 5.74) is 2.78. The number of para-hydroxylation sites is 1. The quantitative estimate of drug-likeness (QED) is 0.402. The molecule has 0 bridgehead atoms. The molecule has 1 heterocycles. The predicted molar refractivity (Wildman–Crippen MR) is 121 cm³/mol. The largest absolute Gasteiger partial charge is 0.493 e. The number of fused-ring (bicyclic) bond motifs is 1. The first-order valence-corrected chi connectivity index (χ1v) is 10.2. The Balaban J connectivity index is 1.40. The average molecular weight is 417 g/mol. The van der Waals surface area contributed by atoms with E-state index in [4.69, 9.17) is 9.47 Å².